The summed E-state index contributed by atoms with van der Waals surface area (Å²) in [5.74, 6) is 0. The topological polar surface area (TPSA) is 0 Å². The predicted molar refractivity (Wildman–Crippen MR) is 60.4 cm³/mol. The summed E-state index contributed by atoms with van der Waals surface area (Å²) in [4.78, 5) is 0. The minimum atomic E-state index is 0.842. The zero-order chi connectivity index (χ0) is 7.82. The van der Waals surface area contributed by atoms with Gasteiger partial charge >= 0.3 is 0 Å². The molecule has 1 atom stereocenters. The van der Waals surface area contributed by atoms with Crippen LogP contribution in [0.2, 0.25) is 0 Å². The molecule has 0 aromatic rings. The number of rotatable bonds is 6. The maximum absolute atomic E-state index is 3.48. The number of unbranched alkanes of at least 4 members (excludes halogenated alkanes) is 3. The first-order valence-electron chi connectivity index (χ1n) is 4.01. The summed E-state index contributed by atoms with van der Waals surface area (Å²) in [5, 5.41) is 1.15. The van der Waals surface area contributed by atoms with Crippen LogP contribution in [0.3, 0.4) is 0 Å². The maximum Gasteiger partial charge on any atom is 0.0207 e. The van der Waals surface area contributed by atoms with E-state index in [2.05, 4.69) is 45.4 Å². The van der Waals surface area contributed by atoms with Gasteiger partial charge in [-0.2, -0.15) is 0 Å². The monoisotopic (exact) mass is 318 g/mol. The van der Waals surface area contributed by atoms with Crippen molar-refractivity contribution >= 4 is 38.5 Å². The normalized spacial score (nSPS) is 13.5. The Bertz CT molecular complexity index is 66.3. The van der Waals surface area contributed by atoms with Crippen molar-refractivity contribution in [3.63, 3.8) is 0 Å². The van der Waals surface area contributed by atoms with Crippen LogP contribution in [0.1, 0.15) is 39.0 Å². The number of hydrogen-bond donors (Lipinski definition) is 0. The van der Waals surface area contributed by atoms with Crippen LogP contribution < -0.4 is 0 Å². The molecule has 0 heterocycles. The lowest BCUT2D eigenvalue weighted by atomic mass is 10.1. The lowest BCUT2D eigenvalue weighted by molar-refractivity contribution is 0.639. The van der Waals surface area contributed by atoms with Gasteiger partial charge in [-0.3, -0.25) is 0 Å². The van der Waals surface area contributed by atoms with Crippen molar-refractivity contribution in [1.82, 2.24) is 0 Å². The van der Waals surface area contributed by atoms with E-state index in [-0.39, 0.29) is 0 Å². The Labute approximate surface area is 86.4 Å². The van der Waals surface area contributed by atoms with Gasteiger partial charge in [0.2, 0.25) is 0 Å². The van der Waals surface area contributed by atoms with Gasteiger partial charge in [-0.05, 0) is 6.42 Å². The van der Waals surface area contributed by atoms with E-state index in [1.807, 2.05) is 0 Å². The van der Waals surface area contributed by atoms with E-state index in [4.69, 9.17) is 0 Å². The molecule has 0 nitrogen and oxygen atoms in total. The minimum Gasteiger partial charge on any atom is -0.0917 e. The molecule has 0 bridgehead atoms. The van der Waals surface area contributed by atoms with Gasteiger partial charge in [0.25, 0.3) is 0 Å². The fourth-order valence-electron chi connectivity index (χ4n) is 0.870. The third kappa shape index (κ3) is 7.32. The summed E-state index contributed by atoms with van der Waals surface area (Å²) in [5.41, 5.74) is 0. The molecule has 10 heavy (non-hydrogen) atoms. The predicted octanol–water partition coefficient (Wildman–Crippen LogP) is 4.16. The Kier molecular flexibility index (Phi) is 9.31. The molecule has 0 N–H and O–H groups in total. The molecular formula is C8H16BrI. The van der Waals surface area contributed by atoms with Crippen molar-refractivity contribution in [2.24, 2.45) is 0 Å². The molecule has 0 saturated heterocycles. The average Bonchev–Trinajstić information content (AvgIpc) is 1.98. The van der Waals surface area contributed by atoms with Crippen molar-refractivity contribution in [3.05, 3.63) is 0 Å². The molecule has 0 aromatic carbocycles. The van der Waals surface area contributed by atoms with E-state index in [1.54, 1.807) is 0 Å². The third-order valence-electron chi connectivity index (χ3n) is 1.54. The van der Waals surface area contributed by atoms with Crippen LogP contribution in [0.4, 0.5) is 0 Å². The lowest BCUT2D eigenvalue weighted by Crippen LogP contribution is -1.97. The molecule has 0 fully saturated rings. The van der Waals surface area contributed by atoms with Crippen LogP contribution >= 0.6 is 38.5 Å². The summed E-state index contributed by atoms with van der Waals surface area (Å²) < 4.78 is 0.842. The Morgan fingerprint density at radius 1 is 1.30 bits per heavy atom. The summed E-state index contributed by atoms with van der Waals surface area (Å²) in [6.07, 6.45) is 6.97. The van der Waals surface area contributed by atoms with Crippen molar-refractivity contribution in [1.29, 1.82) is 0 Å². The summed E-state index contributed by atoms with van der Waals surface area (Å²) in [6, 6.07) is 0. The highest BCUT2D eigenvalue weighted by molar-refractivity contribution is 14.1. The quantitative estimate of drug-likeness (QED) is 0.392. The summed E-state index contributed by atoms with van der Waals surface area (Å²) in [6.45, 7) is 2.26. The number of alkyl halides is 2. The maximum atomic E-state index is 3.48. The fourth-order valence-corrected chi connectivity index (χ4v) is 1.63. The standard InChI is InChI=1S/C8H16BrI/c1-2-3-4-5-6-8(10)7-9/h8H,2-7H2,1H3. The number of halogens is 2. The zero-order valence-corrected chi connectivity index (χ0v) is 10.3. The molecular weight excluding hydrogens is 303 g/mol. The Balaban J connectivity index is 2.89. The molecule has 0 aromatic heterocycles. The Morgan fingerprint density at radius 2 is 2.00 bits per heavy atom. The second kappa shape index (κ2) is 8.31. The highest BCUT2D eigenvalue weighted by atomic mass is 127. The SMILES string of the molecule is CCCCCCC(I)CBr. The van der Waals surface area contributed by atoms with Crippen molar-refractivity contribution in [2.75, 3.05) is 5.33 Å². The van der Waals surface area contributed by atoms with Gasteiger partial charge in [-0.15, -0.1) is 0 Å². The molecule has 0 aliphatic carbocycles. The van der Waals surface area contributed by atoms with Gasteiger partial charge in [-0.1, -0.05) is 71.1 Å². The van der Waals surface area contributed by atoms with Crippen molar-refractivity contribution < 1.29 is 0 Å². The van der Waals surface area contributed by atoms with Crippen LogP contribution in [0, 0.1) is 0 Å². The van der Waals surface area contributed by atoms with E-state index in [0.29, 0.717) is 0 Å². The minimum absolute atomic E-state index is 0.842. The first kappa shape index (κ1) is 11.2. The highest BCUT2D eigenvalue weighted by Crippen LogP contribution is 2.13. The molecule has 2 heteroatoms. The first-order valence-corrected chi connectivity index (χ1v) is 6.38. The van der Waals surface area contributed by atoms with E-state index in [1.165, 1.54) is 32.1 Å². The average molecular weight is 319 g/mol. The van der Waals surface area contributed by atoms with Gasteiger partial charge in [0.05, 0.1) is 0 Å². The summed E-state index contributed by atoms with van der Waals surface area (Å²) >= 11 is 5.99. The molecule has 0 aliphatic heterocycles. The first-order chi connectivity index (χ1) is 4.81. The molecule has 0 amide bonds. The van der Waals surface area contributed by atoms with Crippen molar-refractivity contribution in [2.45, 2.75) is 43.0 Å². The molecule has 62 valence electrons. The smallest absolute Gasteiger partial charge is 0.0207 e. The Morgan fingerprint density at radius 3 is 2.50 bits per heavy atom. The van der Waals surface area contributed by atoms with Crippen molar-refractivity contribution in [3.8, 4) is 0 Å². The fraction of sp³-hybridized carbons (Fsp3) is 1.00. The molecule has 1 unspecified atom stereocenters. The largest absolute Gasteiger partial charge is 0.0917 e. The van der Waals surface area contributed by atoms with Gasteiger partial charge in [0, 0.05) is 9.25 Å². The van der Waals surface area contributed by atoms with E-state index in [0.717, 1.165) is 9.25 Å². The van der Waals surface area contributed by atoms with Gasteiger partial charge in [0.1, 0.15) is 0 Å². The molecule has 0 radical (unpaired) electrons. The lowest BCUT2D eigenvalue weighted by Gasteiger charge is -2.03. The van der Waals surface area contributed by atoms with Gasteiger partial charge < -0.3 is 0 Å². The number of hydrogen-bond acceptors (Lipinski definition) is 0. The second-order valence-electron chi connectivity index (χ2n) is 2.60. The Hall–Kier alpha value is 1.21. The highest BCUT2D eigenvalue weighted by Gasteiger charge is 1.99. The molecule has 0 spiro atoms. The second-order valence-corrected chi connectivity index (χ2v) is 5.01. The van der Waals surface area contributed by atoms with Gasteiger partial charge in [0.15, 0.2) is 0 Å². The van der Waals surface area contributed by atoms with E-state index >= 15 is 0 Å². The van der Waals surface area contributed by atoms with Crippen LogP contribution in [-0.4, -0.2) is 9.25 Å². The third-order valence-corrected chi connectivity index (χ3v) is 4.59. The molecule has 0 saturated carbocycles. The van der Waals surface area contributed by atoms with Crippen LogP contribution in [0.5, 0.6) is 0 Å². The van der Waals surface area contributed by atoms with E-state index < -0.39 is 0 Å². The van der Waals surface area contributed by atoms with Gasteiger partial charge in [-0.25, -0.2) is 0 Å². The van der Waals surface area contributed by atoms with E-state index in [9.17, 15) is 0 Å². The van der Waals surface area contributed by atoms with Crippen LogP contribution in [0.15, 0.2) is 0 Å². The van der Waals surface area contributed by atoms with Crippen LogP contribution in [-0.2, 0) is 0 Å². The molecule has 0 aliphatic rings. The van der Waals surface area contributed by atoms with Crippen LogP contribution in [0.25, 0.3) is 0 Å². The summed E-state index contributed by atoms with van der Waals surface area (Å²) in [7, 11) is 0. The molecule has 0 rings (SSSR count). The zero-order valence-electron chi connectivity index (χ0n) is 6.58.